The number of benzene rings is 1. The van der Waals surface area contributed by atoms with Crippen LogP contribution in [-0.2, 0) is 0 Å². The van der Waals surface area contributed by atoms with Crippen LogP contribution in [0.3, 0.4) is 0 Å². The number of thioether (sulfide) groups is 1. The largest absolute Gasteiger partial charge is 0.433 e. The van der Waals surface area contributed by atoms with Gasteiger partial charge >= 0.3 is 10.2 Å². The molecule has 0 aliphatic carbocycles. The lowest BCUT2D eigenvalue weighted by atomic mass is 10.2. The molecule has 106 valence electrons. The first kappa shape index (κ1) is 14.5. The maximum Gasteiger partial charge on any atom is 0.433 e. The van der Waals surface area contributed by atoms with Gasteiger partial charge in [-0.05, 0) is 17.7 Å². The topological polar surface area (TPSA) is 38.0 Å². The first-order valence-electron chi connectivity index (χ1n) is 6.24. The summed E-state index contributed by atoms with van der Waals surface area (Å²) in [7, 11) is 0. The molecule has 0 saturated carbocycles. The molecule has 0 N–H and O–H groups in total. The van der Waals surface area contributed by atoms with E-state index in [0.29, 0.717) is 20.5 Å². The van der Waals surface area contributed by atoms with E-state index >= 15 is 0 Å². The monoisotopic (exact) mass is 336 g/mol. The Labute approximate surface area is 135 Å². The third-order valence-corrected chi connectivity index (χ3v) is 6.02. The Bertz CT molecular complexity index is 808. The third-order valence-electron chi connectivity index (χ3n) is 3.16. The molecular formula is C15H11ClNO2S2+. The molecule has 0 fully saturated rings. The zero-order valence-electron chi connectivity index (χ0n) is 11.3. The zero-order valence-corrected chi connectivity index (χ0v) is 13.7. The number of thiazole rings is 1. The summed E-state index contributed by atoms with van der Waals surface area (Å²) in [5.74, 6) is -0.111. The van der Waals surface area contributed by atoms with Gasteiger partial charge in [0.2, 0.25) is 5.69 Å². The Balaban J connectivity index is 2.02. The van der Waals surface area contributed by atoms with E-state index in [1.165, 1.54) is 30.0 Å². The molecule has 3 nitrogen and oxygen atoms in total. The van der Waals surface area contributed by atoms with Gasteiger partial charge in [-0.1, -0.05) is 41.1 Å². The summed E-state index contributed by atoms with van der Waals surface area (Å²) >= 11 is 8.86. The Morgan fingerprint density at radius 1 is 1.33 bits per heavy atom. The maximum absolute atomic E-state index is 12.5. The predicted molar refractivity (Wildman–Crippen MR) is 85.2 cm³/mol. The van der Waals surface area contributed by atoms with Crippen molar-refractivity contribution in [3.8, 4) is 0 Å². The van der Waals surface area contributed by atoms with Crippen molar-refractivity contribution in [1.82, 2.24) is 0 Å². The highest BCUT2D eigenvalue weighted by atomic mass is 35.5. The number of halogens is 1. The molecule has 1 aromatic heterocycles. The van der Waals surface area contributed by atoms with Crippen molar-refractivity contribution in [2.45, 2.75) is 18.2 Å². The number of allylic oxidation sites excluding steroid dienone is 1. The molecule has 0 atom stereocenters. The van der Waals surface area contributed by atoms with Crippen LogP contribution in [0.25, 0.3) is 6.08 Å². The summed E-state index contributed by atoms with van der Waals surface area (Å²) in [6, 6.07) is 7.39. The maximum atomic E-state index is 12.5. The predicted octanol–water partition coefficient (Wildman–Crippen LogP) is 3.99. The summed E-state index contributed by atoms with van der Waals surface area (Å²) in [6.07, 6.45) is 1.79. The third kappa shape index (κ3) is 2.46. The highest BCUT2D eigenvalue weighted by molar-refractivity contribution is 8.05. The summed E-state index contributed by atoms with van der Waals surface area (Å²) in [5, 5.41) is 0.611. The SMILES string of the molecule is CC(=O)c1sc2[n+](c1C)C(=O)/C(=C/c1ccccc1Cl)S2. The number of hydrogen-bond acceptors (Lipinski definition) is 4. The Morgan fingerprint density at radius 2 is 2.05 bits per heavy atom. The fraction of sp³-hybridized carbons (Fsp3) is 0.133. The van der Waals surface area contributed by atoms with Crippen molar-refractivity contribution in [2.75, 3.05) is 0 Å². The molecule has 0 bridgehead atoms. The molecule has 21 heavy (non-hydrogen) atoms. The van der Waals surface area contributed by atoms with Crippen LogP contribution in [0.1, 0.15) is 32.6 Å². The normalized spacial score (nSPS) is 15.6. The molecule has 1 aromatic carbocycles. The standard InChI is InChI=1S/C15H11ClNO2S2/c1-8-13(9(2)18)21-15-17(8)14(19)12(20-15)7-10-5-3-4-6-11(10)16/h3-7H,1-2H3/q+1/b12-7-. The van der Waals surface area contributed by atoms with Crippen LogP contribution in [0.15, 0.2) is 33.5 Å². The minimum absolute atomic E-state index is 0.00978. The lowest BCUT2D eigenvalue weighted by Gasteiger charge is -1.96. The molecule has 0 saturated heterocycles. The smallest absolute Gasteiger partial charge is 0.293 e. The van der Waals surface area contributed by atoms with Crippen LogP contribution in [0.2, 0.25) is 5.02 Å². The first-order chi connectivity index (χ1) is 9.99. The van der Waals surface area contributed by atoms with Gasteiger partial charge in [-0.2, -0.15) is 0 Å². The van der Waals surface area contributed by atoms with Gasteiger partial charge in [-0.25, -0.2) is 4.79 Å². The fourth-order valence-corrected chi connectivity index (χ4v) is 4.75. The molecule has 6 heteroatoms. The molecular weight excluding hydrogens is 326 g/mol. The number of carbonyl (C=O) groups is 2. The molecule has 2 heterocycles. The lowest BCUT2D eigenvalue weighted by molar-refractivity contribution is -0.606. The first-order valence-corrected chi connectivity index (χ1v) is 8.25. The zero-order chi connectivity index (χ0) is 15.1. The number of Topliss-reactive ketones (excluding diaryl/α,β-unsaturated/α-hetero) is 1. The number of aromatic nitrogens is 1. The average molecular weight is 337 g/mol. The number of carbonyl (C=O) groups excluding carboxylic acids is 2. The summed E-state index contributed by atoms with van der Waals surface area (Å²) < 4.78 is 2.43. The van der Waals surface area contributed by atoms with Gasteiger partial charge in [-0.3, -0.25) is 4.79 Å². The lowest BCUT2D eigenvalue weighted by Crippen LogP contribution is -2.41. The molecule has 0 radical (unpaired) electrons. The molecule has 2 aromatic rings. The molecule has 1 aliphatic heterocycles. The quantitative estimate of drug-likeness (QED) is 0.473. The van der Waals surface area contributed by atoms with Gasteiger partial charge in [0.1, 0.15) is 9.78 Å². The van der Waals surface area contributed by atoms with Gasteiger partial charge in [0.05, 0.1) is 0 Å². The van der Waals surface area contributed by atoms with Crippen LogP contribution in [-0.4, -0.2) is 11.7 Å². The van der Waals surface area contributed by atoms with E-state index in [9.17, 15) is 9.59 Å². The Morgan fingerprint density at radius 3 is 2.67 bits per heavy atom. The number of fused-ring (bicyclic) bond motifs is 1. The molecule has 0 unspecified atom stereocenters. The van der Waals surface area contributed by atoms with E-state index in [1.54, 1.807) is 23.6 Å². The number of nitrogens with zero attached hydrogens (tertiary/aromatic N) is 1. The van der Waals surface area contributed by atoms with E-state index in [1.807, 2.05) is 18.2 Å². The van der Waals surface area contributed by atoms with Gasteiger partial charge < -0.3 is 0 Å². The van der Waals surface area contributed by atoms with Crippen molar-refractivity contribution in [1.29, 1.82) is 0 Å². The van der Waals surface area contributed by atoms with Crippen molar-refractivity contribution >= 4 is 52.5 Å². The Hall–Kier alpha value is -1.43. The van der Waals surface area contributed by atoms with Crippen LogP contribution in [0.4, 0.5) is 0 Å². The van der Waals surface area contributed by atoms with Crippen LogP contribution in [0, 0.1) is 6.92 Å². The number of rotatable bonds is 2. The van der Waals surface area contributed by atoms with Crippen molar-refractivity contribution in [3.05, 3.63) is 50.3 Å². The van der Waals surface area contributed by atoms with Crippen molar-refractivity contribution in [2.24, 2.45) is 0 Å². The van der Waals surface area contributed by atoms with Gasteiger partial charge in [0.15, 0.2) is 5.78 Å². The summed E-state index contributed by atoms with van der Waals surface area (Å²) in [6.45, 7) is 3.32. The highest BCUT2D eigenvalue weighted by Crippen LogP contribution is 2.38. The van der Waals surface area contributed by atoms with Gasteiger partial charge in [0.25, 0.3) is 0 Å². The minimum atomic E-state index is -0.101. The van der Waals surface area contributed by atoms with E-state index in [4.69, 9.17) is 11.6 Å². The van der Waals surface area contributed by atoms with Crippen LogP contribution >= 0.6 is 34.7 Å². The van der Waals surface area contributed by atoms with Crippen molar-refractivity contribution < 1.29 is 14.2 Å². The van der Waals surface area contributed by atoms with E-state index in [2.05, 4.69) is 0 Å². The van der Waals surface area contributed by atoms with Gasteiger partial charge in [0, 0.05) is 30.6 Å². The van der Waals surface area contributed by atoms with E-state index < -0.39 is 0 Å². The molecule has 1 aliphatic rings. The van der Waals surface area contributed by atoms with E-state index in [-0.39, 0.29) is 11.7 Å². The van der Waals surface area contributed by atoms with E-state index in [0.717, 1.165) is 9.90 Å². The Kier molecular flexibility index (Phi) is 3.73. The van der Waals surface area contributed by atoms with Crippen molar-refractivity contribution in [3.63, 3.8) is 0 Å². The second-order valence-electron chi connectivity index (χ2n) is 4.61. The summed E-state index contributed by atoms with van der Waals surface area (Å²) in [4.78, 5) is 25.3. The van der Waals surface area contributed by atoms with Gasteiger partial charge in [-0.15, -0.1) is 4.57 Å². The number of ketones is 1. The molecule has 0 spiro atoms. The number of hydrogen-bond donors (Lipinski definition) is 0. The average Bonchev–Trinajstić information content (AvgIpc) is 2.91. The fourth-order valence-electron chi connectivity index (χ4n) is 2.15. The molecule has 0 amide bonds. The second kappa shape index (κ2) is 5.40. The summed E-state index contributed by atoms with van der Waals surface area (Å²) in [5.41, 5.74) is 1.53. The minimum Gasteiger partial charge on any atom is -0.293 e. The molecule has 3 rings (SSSR count). The van der Waals surface area contributed by atoms with Crippen LogP contribution < -0.4 is 4.57 Å². The second-order valence-corrected chi connectivity index (χ2v) is 7.31. The highest BCUT2D eigenvalue weighted by Gasteiger charge is 2.42. The van der Waals surface area contributed by atoms with Crippen LogP contribution in [0.5, 0.6) is 0 Å².